The molecular formula is C90H148NO8P. The van der Waals surface area contributed by atoms with Crippen molar-refractivity contribution in [1.29, 1.82) is 0 Å². The Kier molecular flexibility index (Phi) is 74.0. The molecule has 2 atom stereocenters. The van der Waals surface area contributed by atoms with Gasteiger partial charge in [-0.15, -0.1) is 0 Å². The summed E-state index contributed by atoms with van der Waals surface area (Å²) < 4.78 is 34.4. The number of hydrogen-bond donors (Lipinski definition) is 0. The van der Waals surface area contributed by atoms with Gasteiger partial charge in [0.25, 0.3) is 7.82 Å². The van der Waals surface area contributed by atoms with E-state index >= 15 is 0 Å². The highest BCUT2D eigenvalue weighted by Gasteiger charge is 2.22. The molecule has 0 rings (SSSR count). The van der Waals surface area contributed by atoms with E-state index in [1.807, 2.05) is 21.1 Å². The van der Waals surface area contributed by atoms with E-state index in [0.717, 1.165) is 148 Å². The highest BCUT2D eigenvalue weighted by Crippen LogP contribution is 2.38. The number of carbonyl (C=O) groups is 2. The first-order chi connectivity index (χ1) is 49.0. The lowest BCUT2D eigenvalue weighted by atomic mass is 10.0. The van der Waals surface area contributed by atoms with Gasteiger partial charge in [-0.1, -0.05) is 350 Å². The number of quaternary nitrogens is 1. The minimum Gasteiger partial charge on any atom is -0.756 e. The van der Waals surface area contributed by atoms with Gasteiger partial charge >= 0.3 is 11.9 Å². The van der Waals surface area contributed by atoms with Gasteiger partial charge in [-0.3, -0.25) is 14.2 Å². The summed E-state index contributed by atoms with van der Waals surface area (Å²) in [6, 6.07) is 0. The Morgan fingerprint density at radius 1 is 0.310 bits per heavy atom. The Hall–Kier alpha value is -5.15. The van der Waals surface area contributed by atoms with Crippen LogP contribution in [0.3, 0.4) is 0 Å². The molecule has 0 amide bonds. The Labute approximate surface area is 615 Å². The highest BCUT2D eigenvalue weighted by atomic mass is 31.2. The Balaban J connectivity index is 4.04. The second-order valence-electron chi connectivity index (χ2n) is 27.3. The zero-order valence-electron chi connectivity index (χ0n) is 64.6. The third-order valence-corrected chi connectivity index (χ3v) is 17.6. The van der Waals surface area contributed by atoms with Gasteiger partial charge in [0.05, 0.1) is 27.7 Å². The number of rotatable bonds is 72. The Bertz CT molecular complexity index is 2400. The van der Waals surface area contributed by atoms with Crippen LogP contribution in [0, 0.1) is 0 Å². The summed E-state index contributed by atoms with van der Waals surface area (Å²) in [5.74, 6) is -0.839. The molecule has 0 aliphatic rings. The maximum Gasteiger partial charge on any atom is 0.306 e. The van der Waals surface area contributed by atoms with Crippen molar-refractivity contribution in [3.8, 4) is 0 Å². The minimum absolute atomic E-state index is 0.0388. The molecule has 100 heavy (non-hydrogen) atoms. The molecule has 0 saturated carbocycles. The van der Waals surface area contributed by atoms with Crippen molar-refractivity contribution in [2.45, 2.75) is 315 Å². The van der Waals surface area contributed by atoms with Crippen molar-refractivity contribution in [1.82, 2.24) is 0 Å². The second-order valence-corrected chi connectivity index (χ2v) is 28.7. The lowest BCUT2D eigenvalue weighted by Crippen LogP contribution is -2.37. The van der Waals surface area contributed by atoms with E-state index in [1.54, 1.807) is 0 Å². The van der Waals surface area contributed by atoms with E-state index in [9.17, 15) is 19.0 Å². The molecule has 0 N–H and O–H groups in total. The summed E-state index contributed by atoms with van der Waals surface area (Å²) in [7, 11) is 1.15. The van der Waals surface area contributed by atoms with Gasteiger partial charge in [0.1, 0.15) is 19.8 Å². The molecule has 0 aromatic carbocycles. The summed E-state index contributed by atoms with van der Waals surface area (Å²) >= 11 is 0. The first-order valence-electron chi connectivity index (χ1n) is 40.1. The van der Waals surface area contributed by atoms with Crippen molar-refractivity contribution in [2.75, 3.05) is 47.5 Å². The lowest BCUT2D eigenvalue weighted by Gasteiger charge is -2.28. The number of likely N-dealkylation sites (N-methyl/N-ethyl adjacent to an activating group) is 1. The quantitative estimate of drug-likeness (QED) is 0.0195. The first-order valence-corrected chi connectivity index (χ1v) is 41.6. The fourth-order valence-corrected chi connectivity index (χ4v) is 11.3. The molecule has 0 radical (unpaired) electrons. The smallest absolute Gasteiger partial charge is 0.306 e. The van der Waals surface area contributed by atoms with Crippen molar-refractivity contribution >= 4 is 19.8 Å². The van der Waals surface area contributed by atoms with E-state index in [-0.39, 0.29) is 32.0 Å². The minimum atomic E-state index is -4.66. The van der Waals surface area contributed by atoms with E-state index < -0.39 is 26.5 Å². The van der Waals surface area contributed by atoms with Crippen LogP contribution in [0.4, 0.5) is 0 Å². The van der Waals surface area contributed by atoms with Crippen LogP contribution in [0.5, 0.6) is 0 Å². The van der Waals surface area contributed by atoms with Gasteiger partial charge in [-0.25, -0.2) is 0 Å². The highest BCUT2D eigenvalue weighted by molar-refractivity contribution is 7.45. The molecule has 0 spiro atoms. The van der Waals surface area contributed by atoms with Gasteiger partial charge in [-0.05, 0) is 141 Å². The molecule has 0 aromatic heterocycles. The van der Waals surface area contributed by atoms with Crippen LogP contribution in [0.2, 0.25) is 0 Å². The topological polar surface area (TPSA) is 111 Å². The molecule has 0 fully saturated rings. The van der Waals surface area contributed by atoms with Crippen LogP contribution in [0.25, 0.3) is 0 Å². The molecule has 0 bridgehead atoms. The van der Waals surface area contributed by atoms with Crippen molar-refractivity contribution in [3.63, 3.8) is 0 Å². The molecule has 0 aromatic rings. The molecule has 2 unspecified atom stereocenters. The van der Waals surface area contributed by atoms with Gasteiger partial charge in [-0.2, -0.15) is 0 Å². The predicted molar refractivity (Wildman–Crippen MR) is 433 cm³/mol. The van der Waals surface area contributed by atoms with Crippen LogP contribution in [0.1, 0.15) is 309 Å². The average molecular weight is 1400 g/mol. The molecule has 0 aliphatic carbocycles. The fourth-order valence-electron chi connectivity index (χ4n) is 10.6. The van der Waals surface area contributed by atoms with E-state index in [4.69, 9.17) is 18.5 Å². The predicted octanol–water partition coefficient (Wildman–Crippen LogP) is 26.5. The number of carbonyl (C=O) groups excluding carboxylic acids is 2. The third kappa shape index (κ3) is 81.8. The summed E-state index contributed by atoms with van der Waals surface area (Å²) in [6.45, 7) is 4.01. The number of ether oxygens (including phenoxy) is 2. The first kappa shape index (κ1) is 94.8. The number of unbranched alkanes of at least 4 members (excludes halogenated alkanes) is 26. The molecular weight excluding hydrogens is 1250 g/mol. The molecule has 0 aliphatic heterocycles. The molecule has 0 saturated heterocycles. The molecule has 566 valence electrons. The van der Waals surface area contributed by atoms with Crippen LogP contribution in [-0.2, 0) is 32.7 Å². The van der Waals surface area contributed by atoms with Crippen molar-refractivity contribution < 1.29 is 42.1 Å². The summed E-state index contributed by atoms with van der Waals surface area (Å²) in [5, 5.41) is 0. The summed E-state index contributed by atoms with van der Waals surface area (Å²) in [5.41, 5.74) is 0. The monoisotopic (exact) mass is 1400 g/mol. The molecule has 10 heteroatoms. The normalized spacial score (nSPS) is 14.1. The molecule has 0 heterocycles. The van der Waals surface area contributed by atoms with Crippen LogP contribution in [0.15, 0.2) is 194 Å². The van der Waals surface area contributed by atoms with E-state index in [2.05, 4.69) is 208 Å². The van der Waals surface area contributed by atoms with Crippen molar-refractivity contribution in [3.05, 3.63) is 194 Å². The Morgan fingerprint density at radius 2 is 0.540 bits per heavy atom. The number of hydrogen-bond acceptors (Lipinski definition) is 8. The maximum absolute atomic E-state index is 12.9. The van der Waals surface area contributed by atoms with Crippen LogP contribution in [-0.4, -0.2) is 70.0 Å². The van der Waals surface area contributed by atoms with E-state index in [0.29, 0.717) is 17.4 Å². The van der Waals surface area contributed by atoms with Gasteiger partial charge in [0.15, 0.2) is 6.10 Å². The number of esters is 2. The fraction of sp³-hybridized carbons (Fsp3) is 0.622. The Morgan fingerprint density at radius 3 is 0.800 bits per heavy atom. The third-order valence-electron chi connectivity index (χ3n) is 16.6. The second kappa shape index (κ2) is 78.0. The van der Waals surface area contributed by atoms with E-state index in [1.165, 1.54) is 128 Å². The summed E-state index contributed by atoms with van der Waals surface area (Å²) in [4.78, 5) is 38.2. The number of allylic oxidation sites excluding steroid dienone is 32. The van der Waals surface area contributed by atoms with Crippen LogP contribution >= 0.6 is 7.82 Å². The van der Waals surface area contributed by atoms with Crippen molar-refractivity contribution in [2.24, 2.45) is 0 Å². The molecule has 9 nitrogen and oxygen atoms in total. The number of phosphoric ester groups is 1. The van der Waals surface area contributed by atoms with Gasteiger partial charge in [0, 0.05) is 12.8 Å². The SMILES string of the molecule is CC/C=C\C/C=C\C/C=C\C/C=C\C/C=C\C/C=C\C/C=C\C/C=C\C/C=C\CCCCCCCCCCCCCCCC(=O)OC(COC(=O)CCCCCCCCCCCCCCC/C=C\C/C=C\C/C=C\C/C=C\C/C=C\C/C=C\C/C=C\CC)COP(=O)([O-])OCC[N+](C)(C)C. The zero-order valence-corrected chi connectivity index (χ0v) is 65.5. The maximum atomic E-state index is 12.9. The van der Waals surface area contributed by atoms with Gasteiger partial charge in [0.2, 0.25) is 0 Å². The number of nitrogens with zero attached hydrogens (tertiary/aromatic N) is 1. The van der Waals surface area contributed by atoms with Crippen LogP contribution < -0.4 is 4.89 Å². The lowest BCUT2D eigenvalue weighted by molar-refractivity contribution is -0.870. The standard InChI is InChI=1S/C90H148NO8P/c1-6-8-10-12-14-16-18-20-22-24-26-28-30-32-34-36-38-40-42-43-44-45-46-47-49-51-53-55-57-59-61-63-65-67-69-71-73-75-77-79-81-83-90(93)99-88(87-98-100(94,95)97-85-84-91(3,4)5)86-96-89(92)82-80-78-76-74-72-70-68-66-64-62-60-58-56-54-52-50-48-41-39-37-35-33-31-29-27-25-23-21-19-17-15-13-11-9-7-2/h8-11,14-17,20-23,26-29,32-35,38-41,43-44,46-47,50-53,88H,6-7,12-13,18-19,24-25,30-31,36-37,42,45,48-49,54-87H2,1-5H3/b10-8-,11-9-,16-14-,17-15-,22-20-,23-21-,28-26-,29-27-,34-32-,35-33-,40-38-,41-39-,44-43-,47-46-,52-50-,53-51-. The number of phosphoric acid groups is 1. The van der Waals surface area contributed by atoms with Gasteiger partial charge < -0.3 is 27.9 Å². The summed E-state index contributed by atoms with van der Waals surface area (Å²) in [6.07, 6.45) is 121. The average Bonchev–Trinajstić information content (AvgIpc) is 1.30. The zero-order chi connectivity index (χ0) is 72.5. The largest absolute Gasteiger partial charge is 0.756 e.